The van der Waals surface area contributed by atoms with Gasteiger partial charge in [-0.25, -0.2) is 5.01 Å². The van der Waals surface area contributed by atoms with Crippen molar-refractivity contribution in [3.8, 4) is 0 Å². The lowest BCUT2D eigenvalue weighted by atomic mass is 9.98. The lowest BCUT2D eigenvalue weighted by Gasteiger charge is -2.23. The van der Waals surface area contributed by atoms with Crippen LogP contribution in [0.1, 0.15) is 30.0 Å². The summed E-state index contributed by atoms with van der Waals surface area (Å²) in [6, 6.07) is 16.7. The SMILES string of the molecule is CN1N=C(C(=O)NC(c2ccccc2)c2ccc(Cl)cc2)CCC1=O. The number of hydrazone groups is 1. The maximum atomic E-state index is 12.7. The maximum absolute atomic E-state index is 12.7. The van der Waals surface area contributed by atoms with Gasteiger partial charge in [0, 0.05) is 24.9 Å². The van der Waals surface area contributed by atoms with Gasteiger partial charge >= 0.3 is 0 Å². The number of amides is 2. The normalized spacial score (nSPS) is 15.5. The highest BCUT2D eigenvalue weighted by atomic mass is 35.5. The Labute approximate surface area is 151 Å². The summed E-state index contributed by atoms with van der Waals surface area (Å²) in [6.07, 6.45) is 0.636. The van der Waals surface area contributed by atoms with Gasteiger partial charge in [0.2, 0.25) is 5.91 Å². The Balaban J connectivity index is 1.88. The van der Waals surface area contributed by atoms with E-state index in [9.17, 15) is 9.59 Å². The Kier molecular flexibility index (Phi) is 5.14. The highest BCUT2D eigenvalue weighted by Gasteiger charge is 2.25. The molecule has 0 aromatic heterocycles. The summed E-state index contributed by atoms with van der Waals surface area (Å²) in [4.78, 5) is 24.2. The lowest BCUT2D eigenvalue weighted by Crippen LogP contribution is -2.39. The van der Waals surface area contributed by atoms with Crippen LogP contribution in [0.2, 0.25) is 5.02 Å². The zero-order valence-electron chi connectivity index (χ0n) is 13.8. The van der Waals surface area contributed by atoms with Crippen LogP contribution in [0.15, 0.2) is 59.7 Å². The smallest absolute Gasteiger partial charge is 0.268 e. The molecule has 0 bridgehead atoms. The molecule has 6 heteroatoms. The van der Waals surface area contributed by atoms with Gasteiger partial charge in [0.1, 0.15) is 5.71 Å². The minimum atomic E-state index is -0.323. The molecule has 5 nitrogen and oxygen atoms in total. The summed E-state index contributed by atoms with van der Waals surface area (Å²) >= 11 is 5.98. The third-order valence-corrected chi connectivity index (χ3v) is 4.33. The second-order valence-corrected chi connectivity index (χ2v) is 6.27. The monoisotopic (exact) mass is 355 g/mol. The predicted molar refractivity (Wildman–Crippen MR) is 97.3 cm³/mol. The molecular weight excluding hydrogens is 338 g/mol. The quantitative estimate of drug-likeness (QED) is 0.915. The van der Waals surface area contributed by atoms with Gasteiger partial charge in [-0.15, -0.1) is 0 Å². The molecule has 1 heterocycles. The highest BCUT2D eigenvalue weighted by molar-refractivity contribution is 6.39. The van der Waals surface area contributed by atoms with Gasteiger partial charge in [0.15, 0.2) is 0 Å². The van der Waals surface area contributed by atoms with E-state index in [0.717, 1.165) is 11.1 Å². The van der Waals surface area contributed by atoms with Crippen molar-refractivity contribution in [2.75, 3.05) is 7.05 Å². The van der Waals surface area contributed by atoms with Crippen molar-refractivity contribution in [1.29, 1.82) is 0 Å². The van der Waals surface area contributed by atoms with E-state index in [1.807, 2.05) is 42.5 Å². The van der Waals surface area contributed by atoms with Gasteiger partial charge in [-0.2, -0.15) is 5.10 Å². The number of rotatable bonds is 4. The van der Waals surface area contributed by atoms with Crippen LogP contribution >= 0.6 is 11.6 Å². The molecule has 2 aromatic carbocycles. The van der Waals surface area contributed by atoms with Gasteiger partial charge in [0.05, 0.1) is 6.04 Å². The predicted octanol–water partition coefficient (Wildman–Crippen LogP) is 3.15. The van der Waals surface area contributed by atoms with Crippen molar-refractivity contribution in [2.45, 2.75) is 18.9 Å². The topological polar surface area (TPSA) is 61.8 Å². The summed E-state index contributed by atoms with van der Waals surface area (Å²) in [6.45, 7) is 0. The molecule has 0 saturated heterocycles. The Bertz CT molecular complexity index is 803. The lowest BCUT2D eigenvalue weighted by molar-refractivity contribution is -0.130. The van der Waals surface area contributed by atoms with Gasteiger partial charge in [-0.3, -0.25) is 9.59 Å². The standard InChI is InChI=1S/C19H18ClN3O2/c1-23-17(24)12-11-16(22-23)19(25)21-18(13-5-3-2-4-6-13)14-7-9-15(20)10-8-14/h2-10,18H,11-12H2,1H3,(H,21,25). The van der Waals surface area contributed by atoms with Gasteiger partial charge in [0.25, 0.3) is 5.91 Å². The molecule has 2 aromatic rings. The molecular formula is C19H18ClN3O2. The van der Waals surface area contributed by atoms with Crippen LogP contribution in [0.5, 0.6) is 0 Å². The van der Waals surface area contributed by atoms with Crippen molar-refractivity contribution in [3.05, 3.63) is 70.7 Å². The minimum Gasteiger partial charge on any atom is -0.340 e. The number of nitrogens with zero attached hydrogens (tertiary/aromatic N) is 2. The molecule has 1 aliphatic rings. The zero-order chi connectivity index (χ0) is 17.8. The van der Waals surface area contributed by atoms with Crippen molar-refractivity contribution in [2.24, 2.45) is 5.10 Å². The second-order valence-electron chi connectivity index (χ2n) is 5.83. The highest BCUT2D eigenvalue weighted by Crippen LogP contribution is 2.24. The fraction of sp³-hybridized carbons (Fsp3) is 0.211. The molecule has 0 fully saturated rings. The molecule has 0 spiro atoms. The van der Waals surface area contributed by atoms with Crippen LogP contribution in [0, 0.1) is 0 Å². The van der Waals surface area contributed by atoms with Crippen LogP contribution in [-0.2, 0) is 9.59 Å². The number of nitrogens with one attached hydrogen (secondary N) is 1. The summed E-state index contributed by atoms with van der Waals surface area (Å²) in [7, 11) is 1.56. The van der Waals surface area contributed by atoms with Crippen LogP contribution in [0.4, 0.5) is 0 Å². The van der Waals surface area contributed by atoms with E-state index in [1.54, 1.807) is 19.2 Å². The molecule has 0 aliphatic carbocycles. The Morgan fingerprint density at radius 2 is 1.72 bits per heavy atom. The van der Waals surface area contributed by atoms with Gasteiger partial charge in [-0.05, 0) is 23.3 Å². The molecule has 1 atom stereocenters. The van der Waals surface area contributed by atoms with Crippen LogP contribution < -0.4 is 5.32 Å². The van der Waals surface area contributed by atoms with Gasteiger partial charge in [-0.1, -0.05) is 54.1 Å². The zero-order valence-corrected chi connectivity index (χ0v) is 14.5. The van der Waals surface area contributed by atoms with E-state index in [-0.39, 0.29) is 17.9 Å². The largest absolute Gasteiger partial charge is 0.340 e. The first-order valence-corrected chi connectivity index (χ1v) is 8.37. The third kappa shape index (κ3) is 4.06. The first-order chi connectivity index (χ1) is 12.0. The number of benzene rings is 2. The Morgan fingerprint density at radius 1 is 1.08 bits per heavy atom. The molecule has 1 N–H and O–H groups in total. The molecule has 2 amide bonds. The Hall–Kier alpha value is -2.66. The minimum absolute atomic E-state index is 0.0890. The molecule has 1 aliphatic heterocycles. The van der Waals surface area contributed by atoms with Crippen molar-refractivity contribution < 1.29 is 9.59 Å². The van der Waals surface area contributed by atoms with Crippen molar-refractivity contribution >= 4 is 29.1 Å². The van der Waals surface area contributed by atoms with E-state index < -0.39 is 0 Å². The fourth-order valence-electron chi connectivity index (χ4n) is 2.71. The average molecular weight is 356 g/mol. The van der Waals surface area contributed by atoms with Gasteiger partial charge < -0.3 is 5.32 Å². The summed E-state index contributed by atoms with van der Waals surface area (Å²) in [5, 5.41) is 8.97. The number of hydrogen-bond acceptors (Lipinski definition) is 3. The summed E-state index contributed by atoms with van der Waals surface area (Å²) in [5.41, 5.74) is 2.24. The third-order valence-electron chi connectivity index (χ3n) is 4.08. The Morgan fingerprint density at radius 3 is 2.36 bits per heavy atom. The van der Waals surface area contributed by atoms with Crippen molar-refractivity contribution in [3.63, 3.8) is 0 Å². The first-order valence-electron chi connectivity index (χ1n) is 8.00. The van der Waals surface area contributed by atoms with E-state index in [2.05, 4.69) is 10.4 Å². The number of carbonyl (C=O) groups excluding carboxylic acids is 2. The summed E-state index contributed by atoms with van der Waals surface area (Å²) < 4.78 is 0. The fourth-order valence-corrected chi connectivity index (χ4v) is 2.83. The summed E-state index contributed by atoms with van der Waals surface area (Å²) in [5.74, 6) is -0.364. The van der Waals surface area contributed by atoms with Crippen LogP contribution in [0.3, 0.4) is 0 Å². The molecule has 3 rings (SSSR count). The van der Waals surface area contributed by atoms with E-state index >= 15 is 0 Å². The van der Waals surface area contributed by atoms with Crippen molar-refractivity contribution in [1.82, 2.24) is 10.3 Å². The maximum Gasteiger partial charge on any atom is 0.268 e. The van der Waals surface area contributed by atoms with Crippen LogP contribution in [0.25, 0.3) is 0 Å². The average Bonchev–Trinajstić information content (AvgIpc) is 2.63. The van der Waals surface area contributed by atoms with E-state index in [4.69, 9.17) is 11.6 Å². The molecule has 0 radical (unpaired) electrons. The molecule has 1 unspecified atom stereocenters. The number of hydrogen-bond donors (Lipinski definition) is 1. The first kappa shape index (κ1) is 17.2. The van der Waals surface area contributed by atoms with Crippen LogP contribution in [-0.4, -0.2) is 29.6 Å². The molecule has 25 heavy (non-hydrogen) atoms. The second kappa shape index (κ2) is 7.49. The molecule has 0 saturated carbocycles. The van der Waals surface area contributed by atoms with E-state index in [1.165, 1.54) is 5.01 Å². The van der Waals surface area contributed by atoms with E-state index in [0.29, 0.717) is 23.6 Å². The molecule has 128 valence electrons. The number of carbonyl (C=O) groups is 2. The number of halogens is 1.